The number of ether oxygens (including phenoxy) is 2. The SMILES string of the molecule is O=C(O)c1ccc(CCC2=COC=C(C3=CC=CCC3)O2)cc1Nc1ccc(F)cc1. The minimum atomic E-state index is -1.03. The van der Waals surface area contributed by atoms with Gasteiger partial charge in [-0.2, -0.15) is 0 Å². The molecule has 31 heavy (non-hydrogen) atoms. The molecule has 4 rings (SSSR count). The lowest BCUT2D eigenvalue weighted by molar-refractivity contribution is 0.0698. The lowest BCUT2D eigenvalue weighted by atomic mass is 10.0. The molecular weight excluding hydrogens is 397 g/mol. The number of carboxylic acids is 1. The number of carbonyl (C=O) groups is 1. The van der Waals surface area contributed by atoms with Crippen molar-refractivity contribution in [3.05, 3.63) is 107 Å². The highest BCUT2D eigenvalue weighted by molar-refractivity contribution is 5.95. The highest BCUT2D eigenvalue weighted by Gasteiger charge is 2.16. The van der Waals surface area contributed by atoms with E-state index in [4.69, 9.17) is 9.47 Å². The van der Waals surface area contributed by atoms with E-state index in [0.717, 1.165) is 29.7 Å². The van der Waals surface area contributed by atoms with Gasteiger partial charge in [0.1, 0.15) is 24.1 Å². The Labute approximate surface area is 179 Å². The fourth-order valence-electron chi connectivity index (χ4n) is 3.41. The van der Waals surface area contributed by atoms with Crippen LogP contribution < -0.4 is 5.32 Å². The number of hydrogen-bond acceptors (Lipinski definition) is 4. The number of allylic oxidation sites excluding steroid dienone is 5. The van der Waals surface area contributed by atoms with Gasteiger partial charge in [0.15, 0.2) is 5.76 Å². The Hall–Kier alpha value is -3.80. The Morgan fingerprint density at radius 1 is 1.10 bits per heavy atom. The maximum absolute atomic E-state index is 13.2. The van der Waals surface area contributed by atoms with Crippen LogP contribution >= 0.6 is 0 Å². The molecule has 0 atom stereocenters. The predicted molar refractivity (Wildman–Crippen MR) is 116 cm³/mol. The highest BCUT2D eigenvalue weighted by atomic mass is 19.1. The summed E-state index contributed by atoms with van der Waals surface area (Å²) in [4.78, 5) is 11.6. The lowest BCUT2D eigenvalue weighted by Crippen LogP contribution is -2.06. The van der Waals surface area contributed by atoms with E-state index < -0.39 is 5.97 Å². The van der Waals surface area contributed by atoms with Gasteiger partial charge in [0.05, 0.1) is 11.3 Å². The molecule has 2 aliphatic rings. The van der Waals surface area contributed by atoms with Gasteiger partial charge in [-0.1, -0.05) is 24.3 Å². The van der Waals surface area contributed by atoms with Crippen LogP contribution in [0.15, 0.2) is 90.3 Å². The topological polar surface area (TPSA) is 67.8 Å². The minimum absolute atomic E-state index is 0.145. The number of aryl methyl sites for hydroxylation is 1. The molecule has 0 fully saturated rings. The number of nitrogens with one attached hydrogen (secondary N) is 1. The van der Waals surface area contributed by atoms with Crippen LogP contribution in [-0.2, 0) is 15.9 Å². The second-order valence-corrected chi connectivity index (χ2v) is 7.28. The third-order valence-electron chi connectivity index (χ3n) is 5.04. The summed E-state index contributed by atoms with van der Waals surface area (Å²) in [5.74, 6) is 0.0479. The predicted octanol–water partition coefficient (Wildman–Crippen LogP) is 6.21. The molecule has 0 saturated carbocycles. The third-order valence-corrected chi connectivity index (χ3v) is 5.04. The number of carboxylic acid groups (broad SMARTS) is 1. The van der Waals surface area contributed by atoms with Crippen molar-refractivity contribution in [3.8, 4) is 0 Å². The summed E-state index contributed by atoms with van der Waals surface area (Å²) in [6.45, 7) is 0. The fourth-order valence-corrected chi connectivity index (χ4v) is 3.41. The molecule has 1 heterocycles. The third kappa shape index (κ3) is 5.22. The lowest BCUT2D eigenvalue weighted by Gasteiger charge is -2.19. The molecule has 2 aromatic rings. The van der Waals surface area contributed by atoms with Crippen LogP contribution in [0.3, 0.4) is 0 Å². The number of rotatable bonds is 7. The molecule has 0 spiro atoms. The maximum atomic E-state index is 13.2. The molecule has 1 aliphatic carbocycles. The zero-order valence-corrected chi connectivity index (χ0v) is 16.8. The van der Waals surface area contributed by atoms with Crippen LogP contribution in [0.1, 0.15) is 35.2 Å². The van der Waals surface area contributed by atoms with Crippen LogP contribution in [0.2, 0.25) is 0 Å². The molecular formula is C25H22FNO4. The van der Waals surface area contributed by atoms with Gasteiger partial charge in [0.2, 0.25) is 0 Å². The summed E-state index contributed by atoms with van der Waals surface area (Å²) in [6.07, 6.45) is 12.5. The molecule has 0 radical (unpaired) electrons. The average Bonchev–Trinajstić information content (AvgIpc) is 2.80. The van der Waals surface area contributed by atoms with Crippen molar-refractivity contribution in [2.45, 2.75) is 25.7 Å². The minimum Gasteiger partial charge on any atom is -0.478 e. The molecule has 1 aliphatic heterocycles. The molecule has 0 saturated heterocycles. The van der Waals surface area contributed by atoms with Crippen molar-refractivity contribution in [3.63, 3.8) is 0 Å². The Kier molecular flexibility index (Phi) is 6.17. The van der Waals surface area contributed by atoms with Crippen LogP contribution in [0.25, 0.3) is 0 Å². The van der Waals surface area contributed by atoms with Crippen LogP contribution in [0.5, 0.6) is 0 Å². The molecule has 2 N–H and O–H groups in total. The summed E-state index contributed by atoms with van der Waals surface area (Å²) in [7, 11) is 0. The average molecular weight is 419 g/mol. The summed E-state index contributed by atoms with van der Waals surface area (Å²) < 4.78 is 24.6. The Balaban J connectivity index is 1.44. The van der Waals surface area contributed by atoms with Crippen molar-refractivity contribution < 1.29 is 23.8 Å². The number of benzene rings is 2. The first-order valence-corrected chi connectivity index (χ1v) is 10.1. The standard InChI is InChI=1S/C25H22FNO4/c26-19-8-10-20(11-9-19)27-23-14-17(7-13-22(23)25(28)29)6-12-21-15-30-16-24(31-21)18-4-2-1-3-5-18/h1-2,4,7-11,13-16,27H,3,5-6,12H2,(H,28,29). The van der Waals surface area contributed by atoms with Gasteiger partial charge in [-0.05, 0) is 66.8 Å². The molecule has 0 bridgehead atoms. The van der Waals surface area contributed by atoms with E-state index in [9.17, 15) is 14.3 Å². The molecule has 5 nitrogen and oxygen atoms in total. The first kappa shape index (κ1) is 20.5. The van der Waals surface area contributed by atoms with Crippen molar-refractivity contribution in [1.82, 2.24) is 0 Å². The summed E-state index contributed by atoms with van der Waals surface area (Å²) >= 11 is 0. The van der Waals surface area contributed by atoms with Crippen molar-refractivity contribution in [1.29, 1.82) is 0 Å². The number of anilines is 2. The van der Waals surface area contributed by atoms with Crippen molar-refractivity contribution in [2.24, 2.45) is 0 Å². The van der Waals surface area contributed by atoms with E-state index in [1.807, 2.05) is 12.2 Å². The zero-order valence-electron chi connectivity index (χ0n) is 16.8. The fraction of sp³-hybridized carbons (Fsp3) is 0.160. The molecule has 2 aromatic carbocycles. The van der Waals surface area contributed by atoms with Gasteiger partial charge in [-0.25, -0.2) is 9.18 Å². The van der Waals surface area contributed by atoms with Crippen LogP contribution in [0.4, 0.5) is 15.8 Å². The van der Waals surface area contributed by atoms with Crippen LogP contribution in [0, 0.1) is 5.82 Å². The van der Waals surface area contributed by atoms with E-state index in [-0.39, 0.29) is 11.4 Å². The molecule has 0 amide bonds. The first-order chi connectivity index (χ1) is 15.1. The van der Waals surface area contributed by atoms with Gasteiger partial charge in [0.25, 0.3) is 0 Å². The first-order valence-electron chi connectivity index (χ1n) is 10.1. The van der Waals surface area contributed by atoms with E-state index in [1.54, 1.807) is 42.9 Å². The molecule has 0 unspecified atom stereocenters. The largest absolute Gasteiger partial charge is 0.478 e. The van der Waals surface area contributed by atoms with Crippen molar-refractivity contribution >= 4 is 17.3 Å². The van der Waals surface area contributed by atoms with Crippen LogP contribution in [-0.4, -0.2) is 11.1 Å². The number of halogens is 1. The Morgan fingerprint density at radius 2 is 1.94 bits per heavy atom. The van der Waals surface area contributed by atoms with E-state index in [1.165, 1.54) is 12.1 Å². The van der Waals surface area contributed by atoms with Gasteiger partial charge < -0.3 is 19.9 Å². The van der Waals surface area contributed by atoms with Gasteiger partial charge in [-0.15, -0.1) is 0 Å². The Bertz CT molecular complexity index is 1100. The summed E-state index contributed by atoms with van der Waals surface area (Å²) in [5.41, 5.74) is 3.25. The van der Waals surface area contributed by atoms with Gasteiger partial charge in [-0.3, -0.25) is 0 Å². The second kappa shape index (κ2) is 9.34. The van der Waals surface area contributed by atoms with Crippen molar-refractivity contribution in [2.75, 3.05) is 5.32 Å². The highest BCUT2D eigenvalue weighted by Crippen LogP contribution is 2.29. The normalized spacial score (nSPS) is 15.2. The quantitative estimate of drug-likeness (QED) is 0.559. The van der Waals surface area contributed by atoms with E-state index >= 15 is 0 Å². The van der Waals surface area contributed by atoms with E-state index in [0.29, 0.717) is 30.0 Å². The van der Waals surface area contributed by atoms with Gasteiger partial charge >= 0.3 is 5.97 Å². The Morgan fingerprint density at radius 3 is 2.68 bits per heavy atom. The monoisotopic (exact) mass is 419 g/mol. The summed E-state index contributed by atoms with van der Waals surface area (Å²) in [6, 6.07) is 10.9. The molecule has 6 heteroatoms. The molecule has 0 aromatic heterocycles. The number of aromatic carboxylic acids is 1. The summed E-state index contributed by atoms with van der Waals surface area (Å²) in [5, 5.41) is 12.6. The molecule has 158 valence electrons. The van der Waals surface area contributed by atoms with E-state index in [2.05, 4.69) is 11.4 Å². The number of hydrogen-bond donors (Lipinski definition) is 2. The maximum Gasteiger partial charge on any atom is 0.337 e. The smallest absolute Gasteiger partial charge is 0.337 e. The second-order valence-electron chi connectivity index (χ2n) is 7.28. The van der Waals surface area contributed by atoms with Gasteiger partial charge in [0, 0.05) is 12.1 Å². The zero-order chi connectivity index (χ0) is 21.6.